The Balaban J connectivity index is 1.57. The fourth-order valence-electron chi connectivity index (χ4n) is 4.45. The molecule has 2 aliphatic heterocycles. The highest BCUT2D eigenvalue weighted by molar-refractivity contribution is 5.92. The second-order valence-electron chi connectivity index (χ2n) is 7.41. The zero-order chi connectivity index (χ0) is 20.4. The maximum atomic E-state index is 12.8. The van der Waals surface area contributed by atoms with Gasteiger partial charge < -0.3 is 23.7 Å². The van der Waals surface area contributed by atoms with Crippen LogP contribution in [0.4, 0.5) is 0 Å². The van der Waals surface area contributed by atoms with E-state index in [9.17, 15) is 9.59 Å². The van der Waals surface area contributed by atoms with Gasteiger partial charge in [0.1, 0.15) is 18.6 Å². The van der Waals surface area contributed by atoms with E-state index in [-0.39, 0.29) is 36.3 Å². The molecule has 0 bridgehead atoms. The Hall–Kier alpha value is -2.87. The van der Waals surface area contributed by atoms with Crippen molar-refractivity contribution in [1.29, 1.82) is 0 Å². The molecule has 8 heteroatoms. The van der Waals surface area contributed by atoms with Crippen LogP contribution in [0.25, 0.3) is 0 Å². The van der Waals surface area contributed by atoms with Gasteiger partial charge >= 0.3 is 0 Å². The van der Waals surface area contributed by atoms with Crippen molar-refractivity contribution < 1.29 is 23.5 Å². The lowest BCUT2D eigenvalue weighted by atomic mass is 9.89. The highest BCUT2D eigenvalue weighted by atomic mass is 16.5. The molecule has 1 aromatic heterocycles. The maximum Gasteiger partial charge on any atom is 0.275 e. The average molecular weight is 399 g/mol. The summed E-state index contributed by atoms with van der Waals surface area (Å²) in [5.74, 6) is 0.989. The molecule has 154 valence electrons. The SMILES string of the molecule is CCOCC(=O)N1C[C@@H]2CN(C(=O)c3cocn3)C[C@@H]2[C@@H]1c1ccc(OC)cc1. The fraction of sp³-hybridized carbons (Fsp3) is 0.476. The van der Waals surface area contributed by atoms with E-state index in [4.69, 9.17) is 13.9 Å². The molecule has 0 aliphatic carbocycles. The molecule has 4 rings (SSSR count). The number of rotatable bonds is 6. The van der Waals surface area contributed by atoms with Crippen molar-refractivity contribution in [3.63, 3.8) is 0 Å². The Labute approximate surface area is 169 Å². The lowest BCUT2D eigenvalue weighted by molar-refractivity contribution is -0.137. The van der Waals surface area contributed by atoms with Crippen molar-refractivity contribution >= 4 is 11.8 Å². The van der Waals surface area contributed by atoms with Crippen molar-refractivity contribution in [2.45, 2.75) is 13.0 Å². The highest BCUT2D eigenvalue weighted by Gasteiger charge is 2.50. The predicted molar refractivity (Wildman–Crippen MR) is 103 cm³/mol. The molecule has 1 aromatic carbocycles. The fourth-order valence-corrected chi connectivity index (χ4v) is 4.45. The molecule has 2 saturated heterocycles. The van der Waals surface area contributed by atoms with E-state index in [1.165, 1.54) is 12.7 Å². The summed E-state index contributed by atoms with van der Waals surface area (Å²) in [6.07, 6.45) is 2.63. The Bertz CT molecular complexity index is 852. The van der Waals surface area contributed by atoms with Gasteiger partial charge in [0.25, 0.3) is 5.91 Å². The zero-order valence-corrected chi connectivity index (χ0v) is 16.6. The summed E-state index contributed by atoms with van der Waals surface area (Å²) in [5, 5.41) is 0. The van der Waals surface area contributed by atoms with Crippen molar-refractivity contribution in [3.05, 3.63) is 48.2 Å². The van der Waals surface area contributed by atoms with Crippen LogP contribution in [0.5, 0.6) is 5.75 Å². The van der Waals surface area contributed by atoms with Gasteiger partial charge in [-0.2, -0.15) is 0 Å². The number of methoxy groups -OCH3 is 1. The third-order valence-electron chi connectivity index (χ3n) is 5.81. The molecule has 2 fully saturated rings. The summed E-state index contributed by atoms with van der Waals surface area (Å²) >= 11 is 0. The van der Waals surface area contributed by atoms with Gasteiger partial charge in [0.15, 0.2) is 12.1 Å². The van der Waals surface area contributed by atoms with E-state index < -0.39 is 0 Å². The van der Waals surface area contributed by atoms with Crippen molar-refractivity contribution in [1.82, 2.24) is 14.8 Å². The number of benzene rings is 1. The number of carbonyl (C=O) groups excluding carboxylic acids is 2. The molecule has 3 atom stereocenters. The first-order valence-electron chi connectivity index (χ1n) is 9.81. The maximum absolute atomic E-state index is 12.8. The van der Waals surface area contributed by atoms with E-state index >= 15 is 0 Å². The molecule has 2 aliphatic rings. The third-order valence-corrected chi connectivity index (χ3v) is 5.81. The molecule has 0 saturated carbocycles. The van der Waals surface area contributed by atoms with Crippen molar-refractivity contribution in [3.8, 4) is 5.75 Å². The van der Waals surface area contributed by atoms with Crippen molar-refractivity contribution in [2.24, 2.45) is 11.8 Å². The van der Waals surface area contributed by atoms with Crippen molar-refractivity contribution in [2.75, 3.05) is 40.0 Å². The molecule has 0 spiro atoms. The van der Waals surface area contributed by atoms with Gasteiger partial charge in [0.2, 0.25) is 5.91 Å². The molecular weight excluding hydrogens is 374 g/mol. The van der Waals surface area contributed by atoms with Crippen LogP contribution < -0.4 is 4.74 Å². The minimum atomic E-state index is -0.131. The summed E-state index contributed by atoms with van der Waals surface area (Å²) in [5.41, 5.74) is 1.36. The second-order valence-corrected chi connectivity index (χ2v) is 7.41. The topological polar surface area (TPSA) is 85.1 Å². The zero-order valence-electron chi connectivity index (χ0n) is 16.6. The minimum Gasteiger partial charge on any atom is -0.497 e. The number of likely N-dealkylation sites (tertiary alicyclic amines) is 2. The van der Waals surface area contributed by atoms with Crippen LogP contribution in [0.15, 0.2) is 41.3 Å². The molecular formula is C21H25N3O5. The first-order chi connectivity index (χ1) is 14.1. The molecule has 3 heterocycles. The van der Waals surface area contributed by atoms with Gasteiger partial charge in [0.05, 0.1) is 13.2 Å². The van der Waals surface area contributed by atoms with Crippen LogP contribution in [0.2, 0.25) is 0 Å². The highest BCUT2D eigenvalue weighted by Crippen LogP contribution is 2.45. The number of fused-ring (bicyclic) bond motifs is 1. The third kappa shape index (κ3) is 3.72. The normalized spacial score (nSPS) is 23.3. The number of aromatic nitrogens is 1. The lowest BCUT2D eigenvalue weighted by Crippen LogP contribution is -2.39. The molecule has 2 aromatic rings. The summed E-state index contributed by atoms with van der Waals surface area (Å²) in [7, 11) is 1.63. The summed E-state index contributed by atoms with van der Waals surface area (Å²) in [6, 6.07) is 7.69. The Morgan fingerprint density at radius 1 is 1.21 bits per heavy atom. The number of carbonyl (C=O) groups is 2. The standard InChI is InChI=1S/C21H25N3O5/c1-3-28-12-19(25)24-9-15-8-23(21(26)18-11-29-13-22-18)10-17(15)20(24)14-4-6-16(27-2)7-5-14/h4-7,11,13,15,17,20H,3,8-10,12H2,1-2H3/t15-,17-,20-/m0/s1. The van der Waals surface area contributed by atoms with Gasteiger partial charge in [-0.1, -0.05) is 12.1 Å². The second kappa shape index (κ2) is 8.24. The Morgan fingerprint density at radius 3 is 2.66 bits per heavy atom. The van der Waals surface area contributed by atoms with Crippen LogP contribution in [0, 0.1) is 11.8 Å². The molecule has 0 unspecified atom stereocenters. The average Bonchev–Trinajstić information content (AvgIpc) is 3.47. The number of hydrogen-bond donors (Lipinski definition) is 0. The van der Waals surface area contributed by atoms with Gasteiger partial charge in [-0.05, 0) is 24.6 Å². The first-order valence-corrected chi connectivity index (χ1v) is 9.81. The summed E-state index contributed by atoms with van der Waals surface area (Å²) < 4.78 is 15.6. The number of amides is 2. The van der Waals surface area contributed by atoms with E-state index in [1.807, 2.05) is 41.0 Å². The smallest absolute Gasteiger partial charge is 0.275 e. The van der Waals surface area contributed by atoms with Crippen LogP contribution in [0.3, 0.4) is 0 Å². The lowest BCUT2D eigenvalue weighted by Gasteiger charge is -2.30. The van der Waals surface area contributed by atoms with Gasteiger partial charge in [-0.3, -0.25) is 9.59 Å². The van der Waals surface area contributed by atoms with Crippen LogP contribution >= 0.6 is 0 Å². The summed E-state index contributed by atoms with van der Waals surface area (Å²) in [6.45, 7) is 4.23. The van der Waals surface area contributed by atoms with E-state index in [0.717, 1.165) is 11.3 Å². The van der Waals surface area contributed by atoms with Crippen LogP contribution in [-0.4, -0.2) is 66.6 Å². The van der Waals surface area contributed by atoms with Gasteiger partial charge in [0, 0.05) is 38.1 Å². The van der Waals surface area contributed by atoms with Crippen LogP contribution in [0.1, 0.15) is 29.0 Å². The number of hydrogen-bond acceptors (Lipinski definition) is 6. The van der Waals surface area contributed by atoms with E-state index in [1.54, 1.807) is 7.11 Å². The van der Waals surface area contributed by atoms with Gasteiger partial charge in [-0.15, -0.1) is 0 Å². The molecule has 0 radical (unpaired) electrons. The van der Waals surface area contributed by atoms with Crippen LogP contribution in [-0.2, 0) is 9.53 Å². The Kier molecular flexibility index (Phi) is 5.53. The number of oxazole rings is 1. The van der Waals surface area contributed by atoms with Gasteiger partial charge in [-0.25, -0.2) is 4.98 Å². The molecule has 0 N–H and O–H groups in total. The monoisotopic (exact) mass is 399 g/mol. The summed E-state index contributed by atoms with van der Waals surface area (Å²) in [4.78, 5) is 33.2. The van der Waals surface area contributed by atoms with E-state index in [2.05, 4.69) is 4.98 Å². The number of ether oxygens (including phenoxy) is 2. The Morgan fingerprint density at radius 2 is 2.00 bits per heavy atom. The quantitative estimate of drug-likeness (QED) is 0.739. The molecule has 2 amide bonds. The minimum absolute atomic E-state index is 0.0172. The predicted octanol–water partition coefficient (Wildman–Crippen LogP) is 1.99. The number of nitrogens with zero attached hydrogens (tertiary/aromatic N) is 3. The van der Waals surface area contributed by atoms with E-state index in [0.29, 0.717) is 31.9 Å². The first kappa shape index (κ1) is 19.4. The molecule has 8 nitrogen and oxygen atoms in total. The molecule has 29 heavy (non-hydrogen) atoms. The largest absolute Gasteiger partial charge is 0.497 e.